The van der Waals surface area contributed by atoms with Gasteiger partial charge in [-0.05, 0) is 66.6 Å². The fourth-order valence-electron chi connectivity index (χ4n) is 4.92. The normalized spacial score (nSPS) is 15.4. The summed E-state index contributed by atoms with van der Waals surface area (Å²) in [5.41, 5.74) is 3.71. The lowest BCUT2D eigenvalue weighted by atomic mass is 10.0. The van der Waals surface area contributed by atoms with Gasteiger partial charge in [-0.15, -0.1) is 0 Å². The number of carbonyl (C=O) groups is 2. The molecule has 5 rings (SSSR count). The highest BCUT2D eigenvalue weighted by Gasteiger charge is 2.29. The smallest absolute Gasteiger partial charge is 0.341 e. The van der Waals surface area contributed by atoms with Gasteiger partial charge in [0.2, 0.25) is 5.43 Å². The van der Waals surface area contributed by atoms with Crippen molar-refractivity contribution in [3.8, 4) is 11.1 Å². The van der Waals surface area contributed by atoms with Crippen molar-refractivity contribution in [2.24, 2.45) is 0 Å². The van der Waals surface area contributed by atoms with E-state index in [0.717, 1.165) is 42.5 Å². The van der Waals surface area contributed by atoms with Crippen molar-refractivity contribution in [1.82, 2.24) is 9.88 Å². The van der Waals surface area contributed by atoms with Crippen LogP contribution in [0, 0.1) is 0 Å². The number of carboxylic acid groups (broad SMARTS) is 1. The largest absolute Gasteiger partial charge is 0.477 e. The van der Waals surface area contributed by atoms with E-state index in [4.69, 9.17) is 0 Å². The van der Waals surface area contributed by atoms with Crippen molar-refractivity contribution in [2.45, 2.75) is 31.7 Å². The zero-order valence-electron chi connectivity index (χ0n) is 19.2. The molecule has 1 fully saturated rings. The number of aromatic amines is 1. The van der Waals surface area contributed by atoms with Gasteiger partial charge in [0.1, 0.15) is 5.56 Å². The third-order valence-corrected chi connectivity index (χ3v) is 6.82. The number of nitrogens with zero attached hydrogens (tertiary/aromatic N) is 1. The summed E-state index contributed by atoms with van der Waals surface area (Å²) in [5.74, 6) is -1.19. The molecule has 6 nitrogen and oxygen atoms in total. The van der Waals surface area contributed by atoms with Gasteiger partial charge in [0.25, 0.3) is 5.91 Å². The number of aryl methyl sites for hydroxylation is 1. The highest BCUT2D eigenvalue weighted by Crippen LogP contribution is 2.26. The predicted molar refractivity (Wildman–Crippen MR) is 136 cm³/mol. The lowest BCUT2D eigenvalue weighted by Gasteiger charge is -2.25. The summed E-state index contributed by atoms with van der Waals surface area (Å²) >= 11 is 0. The van der Waals surface area contributed by atoms with Gasteiger partial charge in [-0.25, -0.2) is 4.79 Å². The van der Waals surface area contributed by atoms with Gasteiger partial charge in [-0.3, -0.25) is 9.59 Å². The number of likely N-dealkylation sites (tertiary alicyclic amines) is 1. The summed E-state index contributed by atoms with van der Waals surface area (Å²) in [7, 11) is 0. The first-order valence-corrected chi connectivity index (χ1v) is 11.9. The van der Waals surface area contributed by atoms with E-state index in [9.17, 15) is 19.5 Å². The third-order valence-electron chi connectivity index (χ3n) is 6.82. The SMILES string of the molecule is O=C(O)c1c[nH]c2ccc(CCC3CCCN3C(=O)c3ccc(-c4ccccc4)cc3)cc2c1=O. The van der Waals surface area contributed by atoms with Crippen LogP contribution < -0.4 is 5.43 Å². The average Bonchev–Trinajstić information content (AvgIpc) is 3.36. The second-order valence-electron chi connectivity index (χ2n) is 8.99. The van der Waals surface area contributed by atoms with Crippen molar-refractivity contribution in [2.75, 3.05) is 6.54 Å². The molecule has 2 heterocycles. The maximum atomic E-state index is 13.3. The summed E-state index contributed by atoms with van der Waals surface area (Å²) in [6, 6.07) is 23.5. The Hall–Kier alpha value is -4.19. The van der Waals surface area contributed by atoms with Crippen LogP contribution in [0.4, 0.5) is 0 Å². The number of hydrogen-bond acceptors (Lipinski definition) is 3. The molecule has 1 saturated heterocycles. The molecule has 1 aliphatic heterocycles. The molecule has 176 valence electrons. The molecule has 2 N–H and O–H groups in total. The number of amides is 1. The topological polar surface area (TPSA) is 90.5 Å². The summed E-state index contributed by atoms with van der Waals surface area (Å²) in [6.45, 7) is 0.739. The van der Waals surface area contributed by atoms with Crippen molar-refractivity contribution in [3.63, 3.8) is 0 Å². The number of aromatic nitrogens is 1. The summed E-state index contributed by atoms with van der Waals surface area (Å²) in [5, 5.41) is 9.61. The van der Waals surface area contributed by atoms with E-state index in [-0.39, 0.29) is 17.5 Å². The van der Waals surface area contributed by atoms with E-state index >= 15 is 0 Å². The number of rotatable bonds is 6. The quantitative estimate of drug-likeness (QED) is 0.412. The molecule has 0 aliphatic carbocycles. The second kappa shape index (κ2) is 9.58. The van der Waals surface area contributed by atoms with Crippen LogP contribution in [0.25, 0.3) is 22.0 Å². The van der Waals surface area contributed by atoms with Gasteiger partial charge < -0.3 is 15.0 Å². The lowest BCUT2D eigenvalue weighted by Crippen LogP contribution is -2.35. The van der Waals surface area contributed by atoms with E-state index < -0.39 is 11.4 Å². The number of carboxylic acids is 1. The van der Waals surface area contributed by atoms with Crippen LogP contribution in [-0.4, -0.2) is 39.5 Å². The van der Waals surface area contributed by atoms with Crippen molar-refractivity contribution >= 4 is 22.8 Å². The molecule has 1 unspecified atom stereocenters. The molecule has 0 spiro atoms. The number of benzene rings is 3. The van der Waals surface area contributed by atoms with Gasteiger partial charge in [0.05, 0.1) is 0 Å². The average molecular weight is 467 g/mol. The molecule has 4 aromatic rings. The van der Waals surface area contributed by atoms with E-state index in [1.165, 1.54) is 6.20 Å². The minimum atomic E-state index is -1.24. The number of hydrogen-bond donors (Lipinski definition) is 2. The highest BCUT2D eigenvalue weighted by molar-refractivity contribution is 5.95. The molecule has 0 bridgehead atoms. The van der Waals surface area contributed by atoms with Crippen LogP contribution >= 0.6 is 0 Å². The predicted octanol–water partition coefficient (Wildman–Crippen LogP) is 5.13. The van der Waals surface area contributed by atoms with Crippen LogP contribution in [0.2, 0.25) is 0 Å². The summed E-state index contributed by atoms with van der Waals surface area (Å²) in [6.07, 6.45) is 4.65. The van der Waals surface area contributed by atoms with Crippen LogP contribution in [0.3, 0.4) is 0 Å². The van der Waals surface area contributed by atoms with Crippen molar-refractivity contribution in [1.29, 1.82) is 0 Å². The Balaban J connectivity index is 1.29. The summed E-state index contributed by atoms with van der Waals surface area (Å²) < 4.78 is 0. The molecule has 3 aromatic carbocycles. The lowest BCUT2D eigenvalue weighted by molar-refractivity contribution is 0.0693. The Morgan fingerprint density at radius 3 is 2.46 bits per heavy atom. The van der Waals surface area contributed by atoms with Gasteiger partial charge in [-0.1, -0.05) is 48.5 Å². The first kappa shape index (κ1) is 22.6. The molecule has 0 saturated carbocycles. The van der Waals surface area contributed by atoms with Gasteiger partial charge in [0, 0.05) is 35.2 Å². The summed E-state index contributed by atoms with van der Waals surface area (Å²) in [4.78, 5) is 42.0. The molecule has 6 heteroatoms. The maximum absolute atomic E-state index is 13.3. The highest BCUT2D eigenvalue weighted by atomic mass is 16.4. The second-order valence-corrected chi connectivity index (χ2v) is 8.99. The number of H-pyrrole nitrogens is 1. The Morgan fingerprint density at radius 2 is 1.71 bits per heavy atom. The van der Waals surface area contributed by atoms with E-state index in [1.54, 1.807) is 6.07 Å². The molecule has 0 radical (unpaired) electrons. The third kappa shape index (κ3) is 4.60. The van der Waals surface area contributed by atoms with Gasteiger partial charge in [0.15, 0.2) is 0 Å². The zero-order valence-corrected chi connectivity index (χ0v) is 19.2. The molecular formula is C29H26N2O4. The maximum Gasteiger partial charge on any atom is 0.341 e. The fraction of sp³-hybridized carbons (Fsp3) is 0.207. The van der Waals surface area contributed by atoms with Gasteiger partial charge in [-0.2, -0.15) is 0 Å². The molecule has 1 aromatic heterocycles. The van der Waals surface area contributed by atoms with Crippen molar-refractivity contribution in [3.05, 3.63) is 106 Å². The van der Waals surface area contributed by atoms with E-state index in [2.05, 4.69) is 17.1 Å². The molecule has 35 heavy (non-hydrogen) atoms. The Kier molecular flexibility index (Phi) is 6.19. The van der Waals surface area contributed by atoms with Gasteiger partial charge >= 0.3 is 5.97 Å². The Labute approximate surface area is 202 Å². The number of carbonyl (C=O) groups excluding carboxylic acids is 1. The molecule has 1 amide bonds. The zero-order chi connectivity index (χ0) is 24.4. The first-order valence-electron chi connectivity index (χ1n) is 11.9. The van der Waals surface area contributed by atoms with Crippen molar-refractivity contribution < 1.29 is 14.7 Å². The number of pyridine rings is 1. The Bertz CT molecular complexity index is 1440. The molecule has 1 aliphatic rings. The van der Waals surface area contributed by atoms with Crippen LogP contribution in [0.5, 0.6) is 0 Å². The monoisotopic (exact) mass is 466 g/mol. The number of fused-ring (bicyclic) bond motifs is 1. The van der Waals surface area contributed by atoms with E-state index in [0.29, 0.717) is 22.9 Å². The molecule has 1 atom stereocenters. The minimum Gasteiger partial charge on any atom is -0.477 e. The van der Waals surface area contributed by atoms with Crippen LogP contribution in [-0.2, 0) is 6.42 Å². The Morgan fingerprint density at radius 1 is 0.971 bits per heavy atom. The van der Waals surface area contributed by atoms with Crippen LogP contribution in [0.15, 0.2) is 83.8 Å². The minimum absolute atomic E-state index is 0.0492. The van der Waals surface area contributed by atoms with E-state index in [1.807, 2.05) is 59.5 Å². The first-order chi connectivity index (χ1) is 17.0. The molecular weight excluding hydrogens is 440 g/mol. The fourth-order valence-corrected chi connectivity index (χ4v) is 4.92. The standard InChI is InChI=1S/C29H26N2O4/c32-27-24-17-19(9-15-26(24)30-18-25(27)29(34)35)8-14-23-7-4-16-31(23)28(33)22-12-10-21(11-13-22)20-5-2-1-3-6-20/h1-3,5-6,9-13,15,17-18,23H,4,7-8,14,16H2,(H,30,32)(H,34,35). The number of aromatic carboxylic acids is 1. The number of nitrogens with one attached hydrogen (secondary N) is 1. The van der Waals surface area contributed by atoms with Crippen LogP contribution in [0.1, 0.15) is 45.5 Å².